The van der Waals surface area contributed by atoms with Crippen molar-refractivity contribution < 1.29 is 24.5 Å². The van der Waals surface area contributed by atoms with Crippen LogP contribution in [0.15, 0.2) is 24.3 Å². The van der Waals surface area contributed by atoms with E-state index in [-0.39, 0.29) is 18.5 Å². The van der Waals surface area contributed by atoms with Gasteiger partial charge in [-0.3, -0.25) is 9.59 Å². The summed E-state index contributed by atoms with van der Waals surface area (Å²) in [5, 5.41) is 23.2. The number of allylic oxidation sites excluding steroid dienone is 3. The molecule has 2 atom stereocenters. The first-order valence-electron chi connectivity index (χ1n) is 30.6. The van der Waals surface area contributed by atoms with Gasteiger partial charge in [-0.2, -0.15) is 0 Å². The Kier molecular flexibility index (Phi) is 56.5. The fourth-order valence-corrected chi connectivity index (χ4v) is 9.51. The van der Waals surface area contributed by atoms with E-state index in [0.717, 1.165) is 57.8 Å². The monoisotopic (exact) mass is 958 g/mol. The number of aliphatic hydroxyl groups excluding tert-OH is 2. The van der Waals surface area contributed by atoms with E-state index in [1.54, 1.807) is 6.08 Å². The maximum atomic E-state index is 12.5. The van der Waals surface area contributed by atoms with Crippen LogP contribution in [0.4, 0.5) is 0 Å². The van der Waals surface area contributed by atoms with Crippen molar-refractivity contribution in [3.63, 3.8) is 0 Å². The zero-order valence-corrected chi connectivity index (χ0v) is 45.9. The van der Waals surface area contributed by atoms with Gasteiger partial charge in [-0.05, 0) is 57.8 Å². The highest BCUT2D eigenvalue weighted by Crippen LogP contribution is 2.18. The second kappa shape index (κ2) is 57.9. The average Bonchev–Trinajstić information content (AvgIpc) is 3.34. The van der Waals surface area contributed by atoms with Crippen molar-refractivity contribution in [1.82, 2.24) is 5.32 Å². The number of carbonyl (C=O) groups is 2. The fourth-order valence-electron chi connectivity index (χ4n) is 9.51. The number of esters is 1. The van der Waals surface area contributed by atoms with Gasteiger partial charge >= 0.3 is 5.97 Å². The molecule has 0 aliphatic rings. The Bertz CT molecular complexity index is 1060. The van der Waals surface area contributed by atoms with Crippen LogP contribution in [0, 0.1) is 0 Å². The van der Waals surface area contributed by atoms with Crippen molar-refractivity contribution in [1.29, 1.82) is 0 Å². The molecule has 0 aromatic heterocycles. The van der Waals surface area contributed by atoms with E-state index in [0.29, 0.717) is 19.4 Å². The lowest BCUT2D eigenvalue weighted by atomic mass is 10.0. The van der Waals surface area contributed by atoms with Crippen LogP contribution in [0.2, 0.25) is 0 Å². The molecule has 402 valence electrons. The summed E-state index contributed by atoms with van der Waals surface area (Å²) in [4.78, 5) is 24.5. The van der Waals surface area contributed by atoms with Gasteiger partial charge in [-0.25, -0.2) is 0 Å². The van der Waals surface area contributed by atoms with Crippen LogP contribution in [0.25, 0.3) is 0 Å². The number of aliphatic hydroxyl groups is 2. The highest BCUT2D eigenvalue weighted by molar-refractivity contribution is 5.76. The average molecular weight is 959 g/mol. The molecular formula is C62H119NO5. The molecule has 0 bridgehead atoms. The number of ether oxygens (including phenoxy) is 1. The van der Waals surface area contributed by atoms with Gasteiger partial charge in [0.15, 0.2) is 0 Å². The first-order valence-corrected chi connectivity index (χ1v) is 30.6. The van der Waals surface area contributed by atoms with Gasteiger partial charge in [0.2, 0.25) is 5.91 Å². The molecule has 1 amide bonds. The Labute approximate surface area is 424 Å². The Balaban J connectivity index is 3.47. The predicted molar refractivity (Wildman–Crippen MR) is 296 cm³/mol. The van der Waals surface area contributed by atoms with E-state index in [4.69, 9.17) is 4.74 Å². The van der Waals surface area contributed by atoms with Crippen LogP contribution in [0.3, 0.4) is 0 Å². The molecule has 6 heteroatoms. The van der Waals surface area contributed by atoms with E-state index in [2.05, 4.69) is 31.3 Å². The largest absolute Gasteiger partial charge is 0.466 e. The summed E-state index contributed by atoms with van der Waals surface area (Å²) in [5.74, 6) is -0.0883. The Morgan fingerprint density at radius 2 is 0.691 bits per heavy atom. The van der Waals surface area contributed by atoms with E-state index >= 15 is 0 Å². The smallest absolute Gasteiger partial charge is 0.305 e. The Hall–Kier alpha value is -1.66. The van der Waals surface area contributed by atoms with Crippen LogP contribution in [-0.2, 0) is 14.3 Å². The van der Waals surface area contributed by atoms with Crippen LogP contribution in [-0.4, -0.2) is 47.4 Å². The second-order valence-corrected chi connectivity index (χ2v) is 21.0. The molecule has 6 nitrogen and oxygen atoms in total. The number of carbonyl (C=O) groups excluding carboxylic acids is 2. The summed E-state index contributed by atoms with van der Waals surface area (Å²) < 4.78 is 5.46. The van der Waals surface area contributed by atoms with Crippen molar-refractivity contribution in [2.75, 3.05) is 13.2 Å². The molecule has 0 saturated carbocycles. The van der Waals surface area contributed by atoms with Gasteiger partial charge in [0, 0.05) is 12.8 Å². The SMILES string of the molecule is CCCCC/C=C\CCCCCCCC(=O)OCCCCCCCCCCCCCCCCC(=O)NC(CO)C(O)/C=C/CCCCCCCCCCCCCCCCCCCCCCCCC. The highest BCUT2D eigenvalue weighted by Gasteiger charge is 2.18. The molecule has 3 N–H and O–H groups in total. The van der Waals surface area contributed by atoms with Gasteiger partial charge in [-0.1, -0.05) is 289 Å². The molecule has 0 aliphatic carbocycles. The van der Waals surface area contributed by atoms with Gasteiger partial charge in [0.1, 0.15) is 0 Å². The first-order chi connectivity index (χ1) is 33.5. The van der Waals surface area contributed by atoms with Crippen LogP contribution < -0.4 is 5.32 Å². The summed E-state index contributed by atoms with van der Waals surface area (Å²) in [6, 6.07) is -0.637. The molecule has 0 aromatic carbocycles. The molecule has 0 fully saturated rings. The van der Waals surface area contributed by atoms with Crippen molar-refractivity contribution in [2.24, 2.45) is 0 Å². The summed E-state index contributed by atoms with van der Waals surface area (Å²) in [6.45, 7) is 4.88. The maximum absolute atomic E-state index is 12.5. The summed E-state index contributed by atoms with van der Waals surface area (Å²) in [6.07, 6.45) is 70.7. The minimum Gasteiger partial charge on any atom is -0.466 e. The number of hydrogen-bond donors (Lipinski definition) is 3. The summed E-state index contributed by atoms with van der Waals surface area (Å²) in [5.41, 5.74) is 0. The van der Waals surface area contributed by atoms with Crippen LogP contribution in [0.5, 0.6) is 0 Å². The summed E-state index contributed by atoms with van der Waals surface area (Å²) in [7, 11) is 0. The van der Waals surface area contributed by atoms with Gasteiger partial charge in [0.25, 0.3) is 0 Å². The quantitative estimate of drug-likeness (QED) is 0.0321. The van der Waals surface area contributed by atoms with E-state index in [1.165, 1.54) is 250 Å². The number of amides is 1. The minimum atomic E-state index is -0.853. The molecular weight excluding hydrogens is 839 g/mol. The predicted octanol–water partition coefficient (Wildman–Crippen LogP) is 19.0. The topological polar surface area (TPSA) is 95.9 Å². The molecule has 0 aliphatic heterocycles. The third-order valence-electron chi connectivity index (χ3n) is 14.2. The van der Waals surface area contributed by atoms with Gasteiger partial charge < -0.3 is 20.3 Å². The van der Waals surface area contributed by atoms with Crippen LogP contribution >= 0.6 is 0 Å². The highest BCUT2D eigenvalue weighted by atomic mass is 16.5. The lowest BCUT2D eigenvalue weighted by Gasteiger charge is -2.20. The third kappa shape index (κ3) is 53.7. The molecule has 0 saturated heterocycles. The van der Waals surface area contributed by atoms with Crippen molar-refractivity contribution in [2.45, 2.75) is 347 Å². The molecule has 0 heterocycles. The zero-order valence-electron chi connectivity index (χ0n) is 45.9. The third-order valence-corrected chi connectivity index (χ3v) is 14.2. The van der Waals surface area contributed by atoms with Gasteiger partial charge in [0.05, 0.1) is 25.4 Å². The second-order valence-electron chi connectivity index (χ2n) is 21.0. The molecule has 2 unspecified atom stereocenters. The number of hydrogen-bond acceptors (Lipinski definition) is 5. The summed E-state index contributed by atoms with van der Waals surface area (Å²) >= 11 is 0. The molecule has 0 spiro atoms. The Morgan fingerprint density at radius 1 is 0.397 bits per heavy atom. The minimum absolute atomic E-state index is 0.0128. The molecule has 68 heavy (non-hydrogen) atoms. The van der Waals surface area contributed by atoms with E-state index in [1.807, 2.05) is 6.08 Å². The maximum Gasteiger partial charge on any atom is 0.305 e. The fraction of sp³-hybridized carbons (Fsp3) is 0.903. The standard InChI is InChI=1S/C62H119NO5/c1-3-5-7-9-11-13-15-17-18-19-20-21-22-23-24-25-26-27-28-31-34-38-42-46-50-54-60(65)59(58-64)63-61(66)55-51-47-43-39-35-32-29-30-33-37-41-45-49-53-57-68-62(67)56-52-48-44-40-36-16-14-12-10-8-6-4-2/h12,14,50,54,59-60,64-65H,3-11,13,15-49,51-53,55-58H2,1-2H3,(H,63,66)/b14-12-,54-50+. The molecule has 0 rings (SSSR count). The van der Waals surface area contributed by atoms with Gasteiger partial charge in [-0.15, -0.1) is 0 Å². The normalized spacial score (nSPS) is 12.7. The first kappa shape index (κ1) is 66.3. The van der Waals surface area contributed by atoms with E-state index in [9.17, 15) is 19.8 Å². The zero-order chi connectivity index (χ0) is 49.3. The lowest BCUT2D eigenvalue weighted by Crippen LogP contribution is -2.45. The molecule has 0 aromatic rings. The number of unbranched alkanes of at least 4 members (excludes halogenated alkanes) is 44. The van der Waals surface area contributed by atoms with Crippen molar-refractivity contribution in [3.05, 3.63) is 24.3 Å². The molecule has 0 radical (unpaired) electrons. The number of nitrogens with one attached hydrogen (secondary N) is 1. The number of rotatable bonds is 57. The van der Waals surface area contributed by atoms with Crippen molar-refractivity contribution >= 4 is 11.9 Å². The lowest BCUT2D eigenvalue weighted by molar-refractivity contribution is -0.143. The van der Waals surface area contributed by atoms with Crippen LogP contribution in [0.1, 0.15) is 335 Å². The van der Waals surface area contributed by atoms with E-state index < -0.39 is 12.1 Å². The van der Waals surface area contributed by atoms with Crippen molar-refractivity contribution in [3.8, 4) is 0 Å². The Morgan fingerprint density at radius 3 is 1.07 bits per heavy atom.